The van der Waals surface area contributed by atoms with Gasteiger partial charge in [-0.2, -0.15) is 0 Å². The van der Waals surface area contributed by atoms with Crippen LogP contribution in [0.15, 0.2) is 48.7 Å². The van der Waals surface area contributed by atoms with Gasteiger partial charge in [0.1, 0.15) is 0 Å². The Hall–Kier alpha value is -2.92. The molecule has 1 aliphatic heterocycles. The smallest absolute Gasteiger partial charge is 0.251 e. The van der Waals surface area contributed by atoms with E-state index in [1.807, 2.05) is 30.5 Å². The molecule has 144 valence electrons. The predicted octanol–water partition coefficient (Wildman–Crippen LogP) is 3.50. The van der Waals surface area contributed by atoms with Crippen molar-refractivity contribution < 1.29 is 9.59 Å². The monoisotopic (exact) mass is 375 g/mol. The minimum atomic E-state index is -0.453. The average molecular weight is 375 g/mol. The van der Waals surface area contributed by atoms with E-state index in [9.17, 15) is 9.59 Å². The number of imide groups is 1. The maximum Gasteiger partial charge on any atom is 0.251 e. The molecule has 1 fully saturated rings. The number of aromatic nitrogens is 1. The topological polar surface area (TPSA) is 65.2 Å². The van der Waals surface area contributed by atoms with Crippen LogP contribution in [0, 0.1) is 6.92 Å². The fourth-order valence-electron chi connectivity index (χ4n) is 3.82. The van der Waals surface area contributed by atoms with Gasteiger partial charge in [-0.15, -0.1) is 0 Å². The second kappa shape index (κ2) is 7.60. The first-order chi connectivity index (χ1) is 13.6. The van der Waals surface area contributed by atoms with E-state index in [4.69, 9.17) is 0 Å². The molecule has 1 aliphatic rings. The van der Waals surface area contributed by atoms with Crippen molar-refractivity contribution in [2.75, 3.05) is 11.4 Å². The summed E-state index contributed by atoms with van der Waals surface area (Å²) in [5.74, 6) is -0.307. The van der Waals surface area contributed by atoms with Crippen LogP contribution >= 0.6 is 0 Å². The van der Waals surface area contributed by atoms with E-state index in [0.717, 1.165) is 18.4 Å². The van der Waals surface area contributed by atoms with Crippen molar-refractivity contribution in [3.8, 4) is 0 Å². The number of aromatic amines is 1. The number of carbonyl (C=O) groups is 2. The van der Waals surface area contributed by atoms with E-state index in [0.29, 0.717) is 12.2 Å². The first kappa shape index (κ1) is 18.4. The van der Waals surface area contributed by atoms with Gasteiger partial charge in [0.05, 0.1) is 18.2 Å². The van der Waals surface area contributed by atoms with Gasteiger partial charge in [0, 0.05) is 23.6 Å². The zero-order valence-electron chi connectivity index (χ0n) is 16.3. The lowest BCUT2D eigenvalue weighted by Crippen LogP contribution is -2.39. The van der Waals surface area contributed by atoms with Gasteiger partial charge in [-0.1, -0.05) is 30.7 Å². The Morgan fingerprint density at radius 3 is 2.68 bits per heavy atom. The van der Waals surface area contributed by atoms with Gasteiger partial charge >= 0.3 is 0 Å². The van der Waals surface area contributed by atoms with Gasteiger partial charge in [0.15, 0.2) is 0 Å². The number of aryl methyl sites for hydroxylation is 2. The van der Waals surface area contributed by atoms with Crippen LogP contribution in [-0.2, 0) is 22.4 Å². The highest BCUT2D eigenvalue weighted by molar-refractivity contribution is 6.22. The number of amides is 2. The lowest BCUT2D eigenvalue weighted by molar-refractivity contribution is -0.121. The van der Waals surface area contributed by atoms with Crippen LogP contribution in [0.3, 0.4) is 0 Å². The number of anilines is 1. The van der Waals surface area contributed by atoms with E-state index in [1.165, 1.54) is 27.0 Å². The van der Waals surface area contributed by atoms with Crippen LogP contribution in [0.4, 0.5) is 5.69 Å². The first-order valence-electron chi connectivity index (χ1n) is 9.82. The minimum Gasteiger partial charge on any atom is -0.361 e. The van der Waals surface area contributed by atoms with E-state index in [-0.39, 0.29) is 18.2 Å². The van der Waals surface area contributed by atoms with Crippen molar-refractivity contribution in [1.82, 2.24) is 10.3 Å². The Labute approximate surface area is 164 Å². The van der Waals surface area contributed by atoms with Crippen molar-refractivity contribution in [1.29, 1.82) is 0 Å². The summed E-state index contributed by atoms with van der Waals surface area (Å²) < 4.78 is 0. The van der Waals surface area contributed by atoms with Gasteiger partial charge in [0.2, 0.25) is 5.91 Å². The molecule has 5 heteroatoms. The van der Waals surface area contributed by atoms with E-state index < -0.39 is 6.04 Å². The molecule has 2 N–H and O–H groups in total. The summed E-state index contributed by atoms with van der Waals surface area (Å²) in [6.45, 7) is 4.81. The largest absolute Gasteiger partial charge is 0.361 e. The third-order valence-corrected chi connectivity index (χ3v) is 5.46. The minimum absolute atomic E-state index is 0.144. The first-order valence-corrected chi connectivity index (χ1v) is 9.82. The third kappa shape index (κ3) is 3.45. The second-order valence-electron chi connectivity index (χ2n) is 7.41. The molecule has 2 heterocycles. The summed E-state index contributed by atoms with van der Waals surface area (Å²) in [6, 6.07) is 13.5. The molecule has 0 radical (unpaired) electrons. The van der Waals surface area contributed by atoms with Crippen LogP contribution in [0.2, 0.25) is 0 Å². The normalized spacial score (nSPS) is 17.1. The highest BCUT2D eigenvalue weighted by Crippen LogP contribution is 2.24. The highest BCUT2D eigenvalue weighted by atomic mass is 16.2. The number of fused-ring (bicyclic) bond motifs is 1. The van der Waals surface area contributed by atoms with Gasteiger partial charge in [0.25, 0.3) is 5.91 Å². The van der Waals surface area contributed by atoms with Gasteiger partial charge < -0.3 is 10.3 Å². The maximum atomic E-state index is 12.8. The quantitative estimate of drug-likeness (QED) is 0.648. The second-order valence-corrected chi connectivity index (χ2v) is 7.41. The molecule has 0 saturated carbocycles. The van der Waals surface area contributed by atoms with Crippen LogP contribution in [0.5, 0.6) is 0 Å². The number of hydrogen-bond acceptors (Lipinski definition) is 3. The van der Waals surface area contributed by atoms with Gasteiger partial charge in [-0.3, -0.25) is 9.59 Å². The molecular formula is C23H25N3O2. The molecule has 1 aromatic heterocycles. The van der Waals surface area contributed by atoms with Crippen molar-refractivity contribution >= 4 is 28.4 Å². The number of nitrogens with one attached hydrogen (secondary N) is 2. The van der Waals surface area contributed by atoms with Gasteiger partial charge in [-0.25, -0.2) is 4.90 Å². The molecule has 4 rings (SSSR count). The predicted molar refractivity (Wildman–Crippen MR) is 111 cm³/mol. The molecule has 5 nitrogen and oxygen atoms in total. The number of H-pyrrole nitrogens is 1. The molecule has 2 amide bonds. The summed E-state index contributed by atoms with van der Waals surface area (Å²) in [7, 11) is 0. The molecule has 0 aliphatic carbocycles. The van der Waals surface area contributed by atoms with E-state index >= 15 is 0 Å². The zero-order chi connectivity index (χ0) is 19.7. The van der Waals surface area contributed by atoms with E-state index in [1.54, 1.807) is 0 Å². The Kier molecular flexibility index (Phi) is 5.01. The van der Waals surface area contributed by atoms with Crippen molar-refractivity contribution in [3.63, 3.8) is 0 Å². The number of rotatable bonds is 6. The molecule has 2 aromatic carbocycles. The molecule has 1 saturated heterocycles. The third-order valence-electron chi connectivity index (χ3n) is 5.46. The maximum absolute atomic E-state index is 12.8. The summed E-state index contributed by atoms with van der Waals surface area (Å²) in [5, 5.41) is 4.49. The average Bonchev–Trinajstić information content (AvgIpc) is 3.22. The highest BCUT2D eigenvalue weighted by Gasteiger charge is 2.39. The van der Waals surface area contributed by atoms with Crippen LogP contribution in [0.1, 0.15) is 30.0 Å². The molecule has 1 atom stereocenters. The lowest BCUT2D eigenvalue weighted by atomic mass is 10.1. The Morgan fingerprint density at radius 2 is 1.93 bits per heavy atom. The number of hydrogen-bond donors (Lipinski definition) is 2. The van der Waals surface area contributed by atoms with Crippen molar-refractivity contribution in [2.45, 2.75) is 39.2 Å². The summed E-state index contributed by atoms with van der Waals surface area (Å²) in [6.07, 6.45) is 3.96. The van der Waals surface area contributed by atoms with Crippen LogP contribution < -0.4 is 10.2 Å². The Morgan fingerprint density at radius 1 is 1.14 bits per heavy atom. The number of nitrogens with zero attached hydrogens (tertiary/aromatic N) is 1. The molecule has 0 bridgehead atoms. The van der Waals surface area contributed by atoms with Gasteiger partial charge in [-0.05, 0) is 55.2 Å². The zero-order valence-corrected chi connectivity index (χ0v) is 16.3. The SMILES string of the molecule is CCc1ccc(N2C(=O)CC(NCCc3c[nH]c4ccc(C)cc34)C2=O)cc1. The Bertz CT molecular complexity index is 1020. The lowest BCUT2D eigenvalue weighted by Gasteiger charge is -2.16. The van der Waals surface area contributed by atoms with Crippen molar-refractivity contribution in [3.05, 3.63) is 65.4 Å². The molecule has 28 heavy (non-hydrogen) atoms. The van der Waals surface area contributed by atoms with E-state index in [2.05, 4.69) is 42.3 Å². The fourth-order valence-corrected chi connectivity index (χ4v) is 3.82. The summed E-state index contributed by atoms with van der Waals surface area (Å²) >= 11 is 0. The summed E-state index contributed by atoms with van der Waals surface area (Å²) in [4.78, 5) is 29.8. The molecular weight excluding hydrogens is 350 g/mol. The summed E-state index contributed by atoms with van der Waals surface area (Å²) in [5.41, 5.74) is 5.40. The molecule has 0 spiro atoms. The van der Waals surface area contributed by atoms with Crippen molar-refractivity contribution in [2.24, 2.45) is 0 Å². The molecule has 3 aromatic rings. The number of carbonyl (C=O) groups excluding carboxylic acids is 2. The number of benzene rings is 2. The molecule has 1 unspecified atom stereocenters. The van der Waals surface area contributed by atoms with Crippen LogP contribution in [0.25, 0.3) is 10.9 Å². The standard InChI is InChI=1S/C23H25N3O2/c1-3-16-5-7-18(8-6-16)26-22(27)13-21(23(26)28)24-11-10-17-14-25-20-9-4-15(2)12-19(17)20/h4-9,12,14,21,24-25H,3,10-11,13H2,1-2H3. The fraction of sp³-hybridized carbons (Fsp3) is 0.304. The Balaban J connectivity index is 1.40. The van der Waals surface area contributed by atoms with Crippen LogP contribution in [-0.4, -0.2) is 29.4 Å².